The summed E-state index contributed by atoms with van der Waals surface area (Å²) in [4.78, 5) is 19.9. The first-order valence-electron chi connectivity index (χ1n) is 6.76. The van der Waals surface area contributed by atoms with Gasteiger partial charge >= 0.3 is 0 Å². The van der Waals surface area contributed by atoms with Gasteiger partial charge in [0.1, 0.15) is 11.6 Å². The SMILES string of the molecule is Cc1nc2c([nH]1)CC(C(=O)Nc1ccc(O)cc1)CC2. The number of aromatic amines is 1. The van der Waals surface area contributed by atoms with Gasteiger partial charge in [-0.15, -0.1) is 0 Å². The predicted molar refractivity (Wildman–Crippen MR) is 75.6 cm³/mol. The van der Waals surface area contributed by atoms with E-state index in [4.69, 9.17) is 0 Å². The number of anilines is 1. The lowest BCUT2D eigenvalue weighted by atomic mass is 9.89. The summed E-state index contributed by atoms with van der Waals surface area (Å²) >= 11 is 0. The molecule has 0 bridgehead atoms. The minimum absolute atomic E-state index is 0.0218. The summed E-state index contributed by atoms with van der Waals surface area (Å²) in [5, 5.41) is 12.1. The topological polar surface area (TPSA) is 78.0 Å². The average Bonchev–Trinajstić information content (AvgIpc) is 2.80. The molecule has 20 heavy (non-hydrogen) atoms. The zero-order valence-electron chi connectivity index (χ0n) is 11.3. The number of rotatable bonds is 2. The lowest BCUT2D eigenvalue weighted by molar-refractivity contribution is -0.120. The lowest BCUT2D eigenvalue weighted by Crippen LogP contribution is -2.28. The van der Waals surface area contributed by atoms with Crippen LogP contribution in [0, 0.1) is 12.8 Å². The highest BCUT2D eigenvalue weighted by Crippen LogP contribution is 2.25. The Labute approximate surface area is 117 Å². The van der Waals surface area contributed by atoms with Crippen LogP contribution in [-0.2, 0) is 17.6 Å². The Bertz CT molecular complexity index is 631. The van der Waals surface area contributed by atoms with Gasteiger partial charge in [-0.1, -0.05) is 0 Å². The summed E-state index contributed by atoms with van der Waals surface area (Å²) in [6.45, 7) is 1.93. The van der Waals surface area contributed by atoms with Crippen molar-refractivity contribution in [3.05, 3.63) is 41.5 Å². The number of hydrogen-bond acceptors (Lipinski definition) is 3. The average molecular weight is 271 g/mol. The minimum atomic E-state index is -0.0313. The fraction of sp³-hybridized carbons (Fsp3) is 0.333. The van der Waals surface area contributed by atoms with Gasteiger partial charge in [0.15, 0.2) is 0 Å². The van der Waals surface area contributed by atoms with E-state index >= 15 is 0 Å². The maximum Gasteiger partial charge on any atom is 0.227 e. The number of carbonyl (C=O) groups excluding carboxylic acids is 1. The number of benzene rings is 1. The molecule has 1 amide bonds. The number of hydrogen-bond donors (Lipinski definition) is 3. The second-order valence-corrected chi connectivity index (χ2v) is 5.22. The maximum absolute atomic E-state index is 12.3. The normalized spacial score (nSPS) is 17.6. The fourth-order valence-corrected chi connectivity index (χ4v) is 2.64. The van der Waals surface area contributed by atoms with Crippen molar-refractivity contribution in [3.63, 3.8) is 0 Å². The van der Waals surface area contributed by atoms with Crippen molar-refractivity contribution in [2.45, 2.75) is 26.2 Å². The van der Waals surface area contributed by atoms with Gasteiger partial charge in [0.25, 0.3) is 0 Å². The van der Waals surface area contributed by atoms with Crippen LogP contribution in [0.5, 0.6) is 5.75 Å². The Morgan fingerprint density at radius 1 is 1.40 bits per heavy atom. The summed E-state index contributed by atoms with van der Waals surface area (Å²) in [5.41, 5.74) is 2.88. The quantitative estimate of drug-likeness (QED) is 0.732. The number of aromatic hydroxyl groups is 1. The summed E-state index contributed by atoms with van der Waals surface area (Å²) in [7, 11) is 0. The van der Waals surface area contributed by atoms with Crippen molar-refractivity contribution in [1.82, 2.24) is 9.97 Å². The molecule has 1 unspecified atom stereocenters. The molecule has 0 saturated heterocycles. The molecule has 2 aromatic rings. The smallest absolute Gasteiger partial charge is 0.227 e. The van der Waals surface area contributed by atoms with Gasteiger partial charge in [0, 0.05) is 23.7 Å². The molecule has 1 heterocycles. The second-order valence-electron chi connectivity index (χ2n) is 5.22. The van der Waals surface area contributed by atoms with E-state index in [9.17, 15) is 9.90 Å². The van der Waals surface area contributed by atoms with Crippen molar-refractivity contribution >= 4 is 11.6 Å². The Morgan fingerprint density at radius 2 is 2.15 bits per heavy atom. The highest BCUT2D eigenvalue weighted by Gasteiger charge is 2.26. The molecule has 5 nitrogen and oxygen atoms in total. The van der Waals surface area contributed by atoms with Gasteiger partial charge in [0.05, 0.1) is 5.69 Å². The van der Waals surface area contributed by atoms with Crippen LogP contribution < -0.4 is 5.32 Å². The highest BCUT2D eigenvalue weighted by atomic mass is 16.3. The first-order chi connectivity index (χ1) is 9.61. The summed E-state index contributed by atoms with van der Waals surface area (Å²) in [5.74, 6) is 1.09. The van der Waals surface area contributed by atoms with Crippen molar-refractivity contribution in [1.29, 1.82) is 0 Å². The van der Waals surface area contributed by atoms with Gasteiger partial charge in [0.2, 0.25) is 5.91 Å². The third-order valence-corrected chi connectivity index (χ3v) is 3.67. The van der Waals surface area contributed by atoms with E-state index in [0.29, 0.717) is 12.1 Å². The molecule has 1 aliphatic rings. The molecule has 3 N–H and O–H groups in total. The van der Waals surface area contributed by atoms with Gasteiger partial charge in [-0.25, -0.2) is 4.98 Å². The number of amides is 1. The molecule has 3 rings (SSSR count). The van der Waals surface area contributed by atoms with E-state index in [2.05, 4.69) is 15.3 Å². The summed E-state index contributed by atoms with van der Waals surface area (Å²) in [6, 6.07) is 6.52. The van der Waals surface area contributed by atoms with E-state index in [0.717, 1.165) is 30.1 Å². The van der Waals surface area contributed by atoms with E-state index in [1.807, 2.05) is 6.92 Å². The van der Waals surface area contributed by atoms with E-state index in [1.165, 1.54) is 0 Å². The number of fused-ring (bicyclic) bond motifs is 1. The molecular formula is C15H17N3O2. The molecule has 1 aromatic heterocycles. The third kappa shape index (κ3) is 2.52. The lowest BCUT2D eigenvalue weighted by Gasteiger charge is -2.20. The summed E-state index contributed by atoms with van der Waals surface area (Å²) in [6.07, 6.45) is 2.37. The Kier molecular flexibility index (Phi) is 3.18. The molecule has 1 atom stereocenters. The van der Waals surface area contributed by atoms with E-state index < -0.39 is 0 Å². The van der Waals surface area contributed by atoms with Crippen LogP contribution >= 0.6 is 0 Å². The van der Waals surface area contributed by atoms with E-state index in [1.54, 1.807) is 24.3 Å². The standard InChI is InChI=1S/C15H17N3O2/c1-9-16-13-7-2-10(8-14(13)17-9)15(20)18-11-3-5-12(19)6-4-11/h3-6,10,19H,2,7-8H2,1H3,(H,16,17)(H,18,20). The molecule has 0 spiro atoms. The summed E-state index contributed by atoms with van der Waals surface area (Å²) < 4.78 is 0. The van der Waals surface area contributed by atoms with Crippen LogP contribution in [0.2, 0.25) is 0 Å². The zero-order chi connectivity index (χ0) is 14.1. The van der Waals surface area contributed by atoms with Crippen LogP contribution in [0.4, 0.5) is 5.69 Å². The number of carbonyl (C=O) groups is 1. The number of phenolic OH excluding ortho intramolecular Hbond substituents is 1. The molecule has 0 saturated carbocycles. The maximum atomic E-state index is 12.3. The Hall–Kier alpha value is -2.30. The van der Waals surface area contributed by atoms with E-state index in [-0.39, 0.29) is 17.6 Å². The van der Waals surface area contributed by atoms with Crippen molar-refractivity contribution < 1.29 is 9.90 Å². The molecule has 1 aromatic carbocycles. The predicted octanol–water partition coefficient (Wildman–Crippen LogP) is 2.17. The number of imidazole rings is 1. The Morgan fingerprint density at radius 3 is 2.90 bits per heavy atom. The highest BCUT2D eigenvalue weighted by molar-refractivity contribution is 5.92. The molecule has 104 valence electrons. The molecule has 0 radical (unpaired) electrons. The zero-order valence-corrected chi connectivity index (χ0v) is 11.3. The van der Waals surface area contributed by atoms with Crippen LogP contribution in [0.15, 0.2) is 24.3 Å². The van der Waals surface area contributed by atoms with Crippen LogP contribution in [0.1, 0.15) is 23.6 Å². The van der Waals surface area contributed by atoms with Crippen molar-refractivity contribution in [3.8, 4) is 5.75 Å². The number of phenols is 1. The van der Waals surface area contributed by atoms with Crippen LogP contribution in [0.3, 0.4) is 0 Å². The number of nitrogens with one attached hydrogen (secondary N) is 2. The molecule has 0 aliphatic heterocycles. The first kappa shape index (κ1) is 12.7. The number of aryl methyl sites for hydroxylation is 2. The third-order valence-electron chi connectivity index (χ3n) is 3.67. The molecule has 0 fully saturated rings. The van der Waals surface area contributed by atoms with Crippen molar-refractivity contribution in [2.24, 2.45) is 5.92 Å². The number of aromatic nitrogens is 2. The van der Waals surface area contributed by atoms with Gasteiger partial charge in [-0.05, 0) is 44.0 Å². The van der Waals surface area contributed by atoms with Crippen LogP contribution in [0.25, 0.3) is 0 Å². The van der Waals surface area contributed by atoms with Crippen molar-refractivity contribution in [2.75, 3.05) is 5.32 Å². The monoisotopic (exact) mass is 271 g/mol. The van der Waals surface area contributed by atoms with Crippen LogP contribution in [-0.4, -0.2) is 21.0 Å². The molecule has 1 aliphatic carbocycles. The number of H-pyrrole nitrogens is 1. The van der Waals surface area contributed by atoms with Gasteiger partial charge in [-0.2, -0.15) is 0 Å². The first-order valence-corrected chi connectivity index (χ1v) is 6.76. The molecular weight excluding hydrogens is 254 g/mol. The minimum Gasteiger partial charge on any atom is -0.508 e. The fourth-order valence-electron chi connectivity index (χ4n) is 2.64. The van der Waals surface area contributed by atoms with Gasteiger partial charge in [-0.3, -0.25) is 4.79 Å². The second kappa shape index (κ2) is 5.00. The Balaban J connectivity index is 1.68. The van der Waals surface area contributed by atoms with Gasteiger partial charge < -0.3 is 15.4 Å². The molecule has 5 heteroatoms. The number of nitrogens with zero attached hydrogens (tertiary/aromatic N) is 1. The largest absolute Gasteiger partial charge is 0.508 e.